The predicted molar refractivity (Wildman–Crippen MR) is 76.3 cm³/mol. The molecule has 3 rings (SSSR count). The number of aromatic nitrogens is 4. The van der Waals surface area contributed by atoms with E-state index in [9.17, 15) is 0 Å². The molecule has 2 N–H and O–H groups in total. The van der Waals surface area contributed by atoms with E-state index in [1.165, 1.54) is 6.33 Å². The normalized spacial score (nSPS) is 20.6. The van der Waals surface area contributed by atoms with E-state index >= 15 is 0 Å². The quantitative estimate of drug-likeness (QED) is 0.885. The zero-order valence-electron chi connectivity index (χ0n) is 11.7. The smallest absolute Gasteiger partial charge is 0.163 e. The number of hydrogen-bond donors (Lipinski definition) is 1. The van der Waals surface area contributed by atoms with Crippen LogP contribution in [0.4, 0.5) is 5.82 Å². The highest BCUT2D eigenvalue weighted by Gasteiger charge is 2.23. The van der Waals surface area contributed by atoms with Crippen LogP contribution in [-0.4, -0.2) is 58.0 Å². The van der Waals surface area contributed by atoms with Crippen LogP contribution in [0.15, 0.2) is 12.5 Å². The van der Waals surface area contributed by atoms with E-state index in [1.54, 1.807) is 13.3 Å². The first-order valence-electron chi connectivity index (χ1n) is 6.94. The maximum Gasteiger partial charge on any atom is 0.163 e. The summed E-state index contributed by atoms with van der Waals surface area (Å²) in [5.74, 6) is 0.494. The number of ether oxygens (including phenoxy) is 1. The lowest BCUT2D eigenvalue weighted by Crippen LogP contribution is -2.38. The molecule has 3 heterocycles. The van der Waals surface area contributed by atoms with Gasteiger partial charge in [0.25, 0.3) is 0 Å². The molecule has 1 aliphatic rings. The zero-order chi connectivity index (χ0) is 13.9. The molecule has 1 aliphatic heterocycles. The summed E-state index contributed by atoms with van der Waals surface area (Å²) in [7, 11) is 1.74. The molecular formula is C13H20N6O. The van der Waals surface area contributed by atoms with Crippen LogP contribution < -0.4 is 5.73 Å². The number of hydrogen-bond acceptors (Lipinski definition) is 6. The number of methoxy groups -OCH3 is 1. The Morgan fingerprint density at radius 3 is 3.20 bits per heavy atom. The fourth-order valence-electron chi connectivity index (χ4n) is 2.80. The van der Waals surface area contributed by atoms with Gasteiger partial charge in [0.05, 0.1) is 24.2 Å². The molecule has 108 valence electrons. The second kappa shape index (κ2) is 5.72. The van der Waals surface area contributed by atoms with Crippen LogP contribution in [0.25, 0.3) is 11.0 Å². The Morgan fingerprint density at radius 2 is 2.35 bits per heavy atom. The Bertz CT molecular complexity index is 583. The maximum absolute atomic E-state index is 5.86. The molecule has 0 bridgehead atoms. The van der Waals surface area contributed by atoms with Crippen LogP contribution in [0, 0.1) is 0 Å². The van der Waals surface area contributed by atoms with Crippen molar-refractivity contribution in [1.82, 2.24) is 24.6 Å². The highest BCUT2D eigenvalue weighted by molar-refractivity contribution is 5.84. The summed E-state index contributed by atoms with van der Waals surface area (Å²) in [6, 6.07) is 0.340. The van der Waals surface area contributed by atoms with Gasteiger partial charge in [-0.2, -0.15) is 5.10 Å². The highest BCUT2D eigenvalue weighted by atomic mass is 16.5. The molecule has 0 amide bonds. The third-order valence-electron chi connectivity index (χ3n) is 3.86. The van der Waals surface area contributed by atoms with Crippen molar-refractivity contribution < 1.29 is 4.74 Å². The number of likely N-dealkylation sites (tertiary alicyclic amines) is 1. The first-order chi connectivity index (χ1) is 9.79. The fraction of sp³-hybridized carbons (Fsp3) is 0.615. The van der Waals surface area contributed by atoms with Crippen LogP contribution in [0.2, 0.25) is 0 Å². The van der Waals surface area contributed by atoms with E-state index in [2.05, 4.69) is 20.0 Å². The van der Waals surface area contributed by atoms with E-state index in [1.807, 2.05) is 4.68 Å². The molecule has 1 fully saturated rings. The van der Waals surface area contributed by atoms with Gasteiger partial charge in [-0.15, -0.1) is 0 Å². The van der Waals surface area contributed by atoms with Gasteiger partial charge in [0.2, 0.25) is 0 Å². The van der Waals surface area contributed by atoms with E-state index < -0.39 is 0 Å². The molecule has 7 nitrogen and oxygen atoms in total. The van der Waals surface area contributed by atoms with Gasteiger partial charge in [-0.05, 0) is 19.4 Å². The van der Waals surface area contributed by atoms with Crippen molar-refractivity contribution in [2.24, 2.45) is 0 Å². The third-order valence-corrected chi connectivity index (χ3v) is 3.86. The number of fused-ring (bicyclic) bond motifs is 1. The molecule has 0 radical (unpaired) electrons. The van der Waals surface area contributed by atoms with Crippen LogP contribution >= 0.6 is 0 Å². The number of anilines is 1. The number of nitrogens with zero attached hydrogens (tertiary/aromatic N) is 5. The zero-order valence-corrected chi connectivity index (χ0v) is 11.7. The van der Waals surface area contributed by atoms with E-state index in [0.717, 1.165) is 50.1 Å². The summed E-state index contributed by atoms with van der Waals surface area (Å²) >= 11 is 0. The van der Waals surface area contributed by atoms with Gasteiger partial charge in [-0.3, -0.25) is 4.90 Å². The number of nitrogens with two attached hydrogens (primary N) is 1. The van der Waals surface area contributed by atoms with E-state index in [0.29, 0.717) is 11.9 Å². The van der Waals surface area contributed by atoms with Crippen LogP contribution in [0.3, 0.4) is 0 Å². The predicted octanol–water partition coefficient (Wildman–Crippen LogP) is 0.692. The molecule has 2 aromatic rings. The number of nitrogen functional groups attached to an aromatic ring is 1. The van der Waals surface area contributed by atoms with E-state index in [-0.39, 0.29) is 0 Å². The SMILES string of the molecule is COCCN1CCCC(n2ncc3c(N)ncnc32)C1. The fourth-order valence-corrected chi connectivity index (χ4v) is 2.80. The van der Waals surface area contributed by atoms with Crippen molar-refractivity contribution in [3.63, 3.8) is 0 Å². The van der Waals surface area contributed by atoms with Crippen LogP contribution in [0.5, 0.6) is 0 Å². The molecule has 1 atom stereocenters. The van der Waals surface area contributed by atoms with Crippen molar-refractivity contribution in [3.8, 4) is 0 Å². The van der Waals surface area contributed by atoms with Gasteiger partial charge in [0, 0.05) is 20.2 Å². The van der Waals surface area contributed by atoms with Gasteiger partial charge >= 0.3 is 0 Å². The van der Waals surface area contributed by atoms with Crippen LogP contribution in [0.1, 0.15) is 18.9 Å². The average molecular weight is 276 g/mol. The van der Waals surface area contributed by atoms with E-state index in [4.69, 9.17) is 10.5 Å². The molecule has 1 unspecified atom stereocenters. The second-order valence-electron chi connectivity index (χ2n) is 5.17. The molecule has 0 saturated carbocycles. The Labute approximate surface area is 117 Å². The average Bonchev–Trinajstić information content (AvgIpc) is 2.91. The van der Waals surface area contributed by atoms with Gasteiger partial charge in [0.15, 0.2) is 5.65 Å². The molecule has 0 aliphatic carbocycles. The number of rotatable bonds is 4. The van der Waals surface area contributed by atoms with Crippen molar-refractivity contribution in [2.45, 2.75) is 18.9 Å². The maximum atomic E-state index is 5.86. The minimum Gasteiger partial charge on any atom is -0.383 e. The van der Waals surface area contributed by atoms with Gasteiger partial charge < -0.3 is 10.5 Å². The summed E-state index contributed by atoms with van der Waals surface area (Å²) in [5.41, 5.74) is 6.69. The molecule has 1 saturated heterocycles. The molecule has 0 aromatic carbocycles. The Morgan fingerprint density at radius 1 is 1.45 bits per heavy atom. The monoisotopic (exact) mass is 276 g/mol. The lowest BCUT2D eigenvalue weighted by atomic mass is 10.1. The summed E-state index contributed by atoms with van der Waals surface area (Å²) in [6.45, 7) is 3.82. The Hall–Kier alpha value is -1.73. The van der Waals surface area contributed by atoms with Gasteiger partial charge in [-0.1, -0.05) is 0 Å². The number of piperidine rings is 1. The molecule has 2 aromatic heterocycles. The summed E-state index contributed by atoms with van der Waals surface area (Å²) in [4.78, 5) is 10.8. The van der Waals surface area contributed by atoms with Gasteiger partial charge in [-0.25, -0.2) is 14.6 Å². The standard InChI is InChI=1S/C13H20N6O/c1-20-6-5-18-4-2-3-10(8-18)19-13-11(7-17-19)12(14)15-9-16-13/h7,9-10H,2-6,8H2,1H3,(H2,14,15,16). The van der Waals surface area contributed by atoms with Crippen molar-refractivity contribution in [1.29, 1.82) is 0 Å². The molecular weight excluding hydrogens is 256 g/mol. The first-order valence-corrected chi connectivity index (χ1v) is 6.94. The van der Waals surface area contributed by atoms with Crippen molar-refractivity contribution in [3.05, 3.63) is 12.5 Å². The van der Waals surface area contributed by atoms with Crippen molar-refractivity contribution in [2.75, 3.05) is 39.1 Å². The minimum atomic E-state index is 0.340. The topological polar surface area (TPSA) is 82.1 Å². The lowest BCUT2D eigenvalue weighted by Gasteiger charge is -2.32. The molecule has 20 heavy (non-hydrogen) atoms. The summed E-state index contributed by atoms with van der Waals surface area (Å²) < 4.78 is 7.15. The van der Waals surface area contributed by atoms with Crippen molar-refractivity contribution >= 4 is 16.9 Å². The third kappa shape index (κ3) is 2.46. The minimum absolute atomic E-state index is 0.340. The summed E-state index contributed by atoms with van der Waals surface area (Å²) in [5, 5.41) is 5.31. The Kier molecular flexibility index (Phi) is 3.79. The molecule has 7 heteroatoms. The highest BCUT2D eigenvalue weighted by Crippen LogP contribution is 2.25. The van der Waals surface area contributed by atoms with Crippen LogP contribution in [-0.2, 0) is 4.74 Å². The largest absolute Gasteiger partial charge is 0.383 e. The summed E-state index contributed by atoms with van der Waals surface area (Å²) in [6.07, 6.45) is 5.54. The second-order valence-corrected chi connectivity index (χ2v) is 5.17. The molecule has 0 spiro atoms. The first kappa shape index (κ1) is 13.3. The lowest BCUT2D eigenvalue weighted by molar-refractivity contribution is 0.114. The van der Waals surface area contributed by atoms with Gasteiger partial charge in [0.1, 0.15) is 12.1 Å². The Balaban J connectivity index is 1.82.